The molecule has 0 bridgehead atoms. The van der Waals surface area contributed by atoms with Gasteiger partial charge in [-0.2, -0.15) is 0 Å². The van der Waals surface area contributed by atoms with E-state index in [0.29, 0.717) is 6.10 Å². The quantitative estimate of drug-likeness (QED) is 0.814. The van der Waals surface area contributed by atoms with Gasteiger partial charge in [-0.1, -0.05) is 12.1 Å². The Morgan fingerprint density at radius 2 is 2.18 bits per heavy atom. The summed E-state index contributed by atoms with van der Waals surface area (Å²) in [6.45, 7) is 2.73. The molecule has 1 saturated heterocycles. The van der Waals surface area contributed by atoms with Gasteiger partial charge in [0.2, 0.25) is 0 Å². The fraction of sp³-hybridized carbons (Fsp3) is 0.571. The van der Waals surface area contributed by atoms with Gasteiger partial charge in [0.05, 0.1) is 12.2 Å². The molecule has 94 valence electrons. The molecule has 2 rings (SSSR count). The zero-order chi connectivity index (χ0) is 12.1. The van der Waals surface area contributed by atoms with Gasteiger partial charge in [0.1, 0.15) is 0 Å². The summed E-state index contributed by atoms with van der Waals surface area (Å²) in [6, 6.07) is 8.17. The number of ether oxygens (including phenoxy) is 1. The number of hydrogen-bond acceptors (Lipinski definition) is 3. The Balaban J connectivity index is 1.74. The highest BCUT2D eigenvalue weighted by atomic mass is 32.2. The molecule has 0 spiro atoms. The zero-order valence-corrected chi connectivity index (χ0v) is 11.1. The van der Waals surface area contributed by atoms with E-state index in [1.165, 1.54) is 17.7 Å². The van der Waals surface area contributed by atoms with Gasteiger partial charge < -0.3 is 9.84 Å². The minimum Gasteiger partial charge on any atom is -0.389 e. The van der Waals surface area contributed by atoms with Crippen LogP contribution in [0.3, 0.4) is 0 Å². The predicted octanol–water partition coefficient (Wildman–Crippen LogP) is 3.40. The average molecular weight is 252 g/mol. The normalized spacial score (nSPS) is 21.6. The third-order valence-electron chi connectivity index (χ3n) is 3.10. The minimum absolute atomic E-state index is 0.374. The van der Waals surface area contributed by atoms with E-state index in [0.717, 1.165) is 24.3 Å². The monoisotopic (exact) mass is 252 g/mol. The first-order chi connectivity index (χ1) is 8.25. The van der Waals surface area contributed by atoms with E-state index in [2.05, 4.69) is 12.1 Å². The molecule has 1 aromatic carbocycles. The van der Waals surface area contributed by atoms with Crippen LogP contribution in [-0.4, -0.2) is 23.6 Å². The smallest absolute Gasteiger partial charge is 0.0761 e. The van der Waals surface area contributed by atoms with E-state index in [1.54, 1.807) is 6.92 Å². The fourth-order valence-corrected chi connectivity index (χ4v) is 2.97. The molecule has 1 fully saturated rings. The maximum Gasteiger partial charge on any atom is 0.0761 e. The van der Waals surface area contributed by atoms with Crippen LogP contribution in [-0.2, 0) is 4.74 Å². The molecule has 0 aromatic heterocycles. The van der Waals surface area contributed by atoms with Crippen LogP contribution in [0.4, 0.5) is 0 Å². The van der Waals surface area contributed by atoms with Crippen molar-refractivity contribution in [1.82, 2.24) is 0 Å². The van der Waals surface area contributed by atoms with E-state index >= 15 is 0 Å². The average Bonchev–Trinajstić information content (AvgIpc) is 2.83. The Morgan fingerprint density at radius 1 is 1.41 bits per heavy atom. The number of thioether (sulfide) groups is 1. The SMILES string of the molecule is CC(O)c1ccc(SCCC2CCCO2)cc1. The van der Waals surface area contributed by atoms with E-state index in [9.17, 15) is 5.11 Å². The summed E-state index contributed by atoms with van der Waals surface area (Å²) >= 11 is 1.87. The van der Waals surface area contributed by atoms with Crippen LogP contribution in [0.1, 0.15) is 37.9 Å². The molecule has 1 heterocycles. The van der Waals surface area contributed by atoms with Gasteiger partial charge in [-0.3, -0.25) is 0 Å². The fourth-order valence-electron chi connectivity index (χ4n) is 2.02. The van der Waals surface area contributed by atoms with Gasteiger partial charge in [-0.25, -0.2) is 0 Å². The maximum atomic E-state index is 9.41. The van der Waals surface area contributed by atoms with Crippen molar-refractivity contribution in [3.05, 3.63) is 29.8 Å². The Morgan fingerprint density at radius 3 is 2.76 bits per heavy atom. The number of rotatable bonds is 5. The molecular formula is C14H20O2S. The van der Waals surface area contributed by atoms with Crippen LogP contribution in [0.5, 0.6) is 0 Å². The summed E-state index contributed by atoms with van der Waals surface area (Å²) in [5.41, 5.74) is 0.980. The van der Waals surface area contributed by atoms with Gasteiger partial charge in [-0.05, 0) is 43.9 Å². The zero-order valence-electron chi connectivity index (χ0n) is 10.3. The van der Waals surface area contributed by atoms with Crippen molar-refractivity contribution >= 4 is 11.8 Å². The predicted molar refractivity (Wildman–Crippen MR) is 71.4 cm³/mol. The molecule has 0 saturated carbocycles. The highest BCUT2D eigenvalue weighted by molar-refractivity contribution is 7.99. The molecule has 1 aliphatic heterocycles. The summed E-state index contributed by atoms with van der Waals surface area (Å²) in [6.07, 6.45) is 3.70. The first-order valence-corrected chi connectivity index (χ1v) is 7.26. The topological polar surface area (TPSA) is 29.5 Å². The molecule has 3 heteroatoms. The van der Waals surface area contributed by atoms with E-state index in [1.807, 2.05) is 23.9 Å². The van der Waals surface area contributed by atoms with Crippen LogP contribution in [0, 0.1) is 0 Å². The van der Waals surface area contributed by atoms with Crippen LogP contribution >= 0.6 is 11.8 Å². The number of hydrogen-bond donors (Lipinski definition) is 1. The second-order valence-corrected chi connectivity index (χ2v) is 5.69. The van der Waals surface area contributed by atoms with Gasteiger partial charge >= 0.3 is 0 Å². The van der Waals surface area contributed by atoms with E-state index in [-0.39, 0.29) is 6.10 Å². The third kappa shape index (κ3) is 4.02. The van der Waals surface area contributed by atoms with Gasteiger partial charge in [0, 0.05) is 17.3 Å². The summed E-state index contributed by atoms with van der Waals surface area (Å²) in [4.78, 5) is 1.27. The molecule has 1 N–H and O–H groups in total. The number of aliphatic hydroxyl groups excluding tert-OH is 1. The molecule has 0 radical (unpaired) electrons. The van der Waals surface area contributed by atoms with Crippen molar-refractivity contribution in [2.75, 3.05) is 12.4 Å². The summed E-state index contributed by atoms with van der Waals surface area (Å²) in [5.74, 6) is 1.11. The molecule has 1 aromatic rings. The lowest BCUT2D eigenvalue weighted by molar-refractivity contribution is 0.109. The van der Waals surface area contributed by atoms with Gasteiger partial charge in [-0.15, -0.1) is 11.8 Å². The molecule has 2 nitrogen and oxygen atoms in total. The Hall–Kier alpha value is -0.510. The molecule has 2 atom stereocenters. The molecule has 0 aliphatic carbocycles. The number of aliphatic hydroxyl groups is 1. The Labute approximate surface area is 107 Å². The molecular weight excluding hydrogens is 232 g/mol. The van der Waals surface area contributed by atoms with Crippen molar-refractivity contribution in [2.24, 2.45) is 0 Å². The van der Waals surface area contributed by atoms with Crippen LogP contribution in [0.15, 0.2) is 29.2 Å². The second-order valence-electron chi connectivity index (χ2n) is 4.52. The van der Waals surface area contributed by atoms with Crippen LogP contribution in [0.25, 0.3) is 0 Å². The van der Waals surface area contributed by atoms with Crippen LogP contribution in [0.2, 0.25) is 0 Å². The van der Waals surface area contributed by atoms with E-state index < -0.39 is 0 Å². The molecule has 2 unspecified atom stereocenters. The summed E-state index contributed by atoms with van der Waals surface area (Å²) in [5, 5.41) is 9.41. The standard InChI is InChI=1S/C14H20O2S/c1-11(15)12-4-6-14(7-5-12)17-10-8-13-3-2-9-16-13/h4-7,11,13,15H,2-3,8-10H2,1H3. The number of benzene rings is 1. The molecule has 0 amide bonds. The van der Waals surface area contributed by atoms with Crippen molar-refractivity contribution < 1.29 is 9.84 Å². The highest BCUT2D eigenvalue weighted by Gasteiger charge is 2.14. The van der Waals surface area contributed by atoms with Crippen molar-refractivity contribution in [3.8, 4) is 0 Å². The van der Waals surface area contributed by atoms with Crippen molar-refractivity contribution in [2.45, 2.75) is 43.3 Å². The van der Waals surface area contributed by atoms with Crippen molar-refractivity contribution in [3.63, 3.8) is 0 Å². The summed E-state index contributed by atoms with van der Waals surface area (Å²) in [7, 11) is 0. The second kappa shape index (κ2) is 6.43. The van der Waals surface area contributed by atoms with Gasteiger partial charge in [0.25, 0.3) is 0 Å². The first kappa shape index (κ1) is 12.9. The third-order valence-corrected chi connectivity index (χ3v) is 4.14. The Bertz CT molecular complexity index is 329. The van der Waals surface area contributed by atoms with Crippen LogP contribution < -0.4 is 0 Å². The molecule has 1 aliphatic rings. The first-order valence-electron chi connectivity index (χ1n) is 6.28. The largest absolute Gasteiger partial charge is 0.389 e. The summed E-state index contributed by atoms with van der Waals surface area (Å²) < 4.78 is 5.60. The lowest BCUT2D eigenvalue weighted by Crippen LogP contribution is -2.05. The highest BCUT2D eigenvalue weighted by Crippen LogP contribution is 2.24. The lowest BCUT2D eigenvalue weighted by atomic mass is 10.1. The maximum absolute atomic E-state index is 9.41. The van der Waals surface area contributed by atoms with E-state index in [4.69, 9.17) is 4.74 Å². The Kier molecular flexibility index (Phi) is 4.89. The molecule has 17 heavy (non-hydrogen) atoms. The van der Waals surface area contributed by atoms with Gasteiger partial charge in [0.15, 0.2) is 0 Å². The lowest BCUT2D eigenvalue weighted by Gasteiger charge is -2.09. The minimum atomic E-state index is -0.374. The van der Waals surface area contributed by atoms with Crippen molar-refractivity contribution in [1.29, 1.82) is 0 Å².